The topological polar surface area (TPSA) is 52.6 Å². The van der Waals surface area contributed by atoms with Crippen LogP contribution in [-0.4, -0.2) is 23.0 Å². The van der Waals surface area contributed by atoms with Crippen LogP contribution in [0.15, 0.2) is 72.8 Å². The fraction of sp³-hybridized carbons (Fsp3) is 0.240. The van der Waals surface area contributed by atoms with Crippen molar-refractivity contribution in [3.63, 3.8) is 0 Å². The second-order valence-electron chi connectivity index (χ2n) is 7.04. The molecular weight excluding hydrogens is 396 g/mol. The van der Waals surface area contributed by atoms with Crippen molar-refractivity contribution in [1.29, 1.82) is 0 Å². The number of rotatable bonds is 9. The van der Waals surface area contributed by atoms with E-state index in [4.69, 9.17) is 9.47 Å². The molecule has 0 saturated heterocycles. The van der Waals surface area contributed by atoms with Crippen molar-refractivity contribution in [2.75, 3.05) is 12.9 Å². The second kappa shape index (κ2) is 10.7. The zero-order chi connectivity index (χ0) is 21.3. The Balaban J connectivity index is 1.93. The van der Waals surface area contributed by atoms with Crippen LogP contribution in [-0.2, 0) is 27.9 Å². The molecule has 30 heavy (non-hydrogen) atoms. The van der Waals surface area contributed by atoms with Crippen LogP contribution in [0.25, 0.3) is 11.1 Å². The molecule has 0 aromatic heterocycles. The lowest BCUT2D eigenvalue weighted by Crippen LogP contribution is -2.06. The molecule has 0 fully saturated rings. The van der Waals surface area contributed by atoms with Crippen molar-refractivity contribution < 1.29 is 18.5 Å². The van der Waals surface area contributed by atoms with Crippen LogP contribution in [0.5, 0.6) is 5.75 Å². The number of benzene rings is 3. The lowest BCUT2D eigenvalue weighted by atomic mass is 10.00. The van der Waals surface area contributed by atoms with Gasteiger partial charge in [-0.3, -0.25) is 4.21 Å². The highest BCUT2D eigenvalue weighted by Crippen LogP contribution is 2.33. The molecule has 5 heteroatoms. The Morgan fingerprint density at radius 2 is 1.73 bits per heavy atom. The van der Waals surface area contributed by atoms with Gasteiger partial charge in [0.15, 0.2) is 0 Å². The Hall–Kier alpha value is -2.92. The summed E-state index contributed by atoms with van der Waals surface area (Å²) in [7, 11) is -0.952. The molecule has 0 spiro atoms. The van der Waals surface area contributed by atoms with Crippen LogP contribution in [0, 0.1) is 0 Å². The summed E-state index contributed by atoms with van der Waals surface area (Å²) in [6, 6.07) is 23.1. The molecule has 1 unspecified atom stereocenters. The Bertz CT molecular complexity index is 1010. The van der Waals surface area contributed by atoms with E-state index in [2.05, 4.69) is 0 Å². The number of esters is 1. The van der Waals surface area contributed by atoms with Gasteiger partial charge in [-0.2, -0.15) is 0 Å². The van der Waals surface area contributed by atoms with Crippen molar-refractivity contribution in [2.24, 2.45) is 0 Å². The largest absolute Gasteiger partial charge is 0.488 e. The Kier molecular flexibility index (Phi) is 7.80. The molecule has 3 rings (SSSR count). The maximum atomic E-state index is 12.3. The Morgan fingerprint density at radius 1 is 0.933 bits per heavy atom. The summed E-state index contributed by atoms with van der Waals surface area (Å²) < 4.78 is 23.1. The van der Waals surface area contributed by atoms with E-state index in [9.17, 15) is 9.00 Å². The molecule has 0 N–H and O–H groups in total. The molecule has 3 aromatic rings. The highest BCUT2D eigenvalue weighted by atomic mass is 32.2. The van der Waals surface area contributed by atoms with E-state index in [1.54, 1.807) is 12.3 Å². The zero-order valence-corrected chi connectivity index (χ0v) is 18.1. The monoisotopic (exact) mass is 422 g/mol. The zero-order valence-electron chi connectivity index (χ0n) is 17.3. The quantitative estimate of drug-likeness (QED) is 0.435. The van der Waals surface area contributed by atoms with E-state index in [0.29, 0.717) is 30.3 Å². The van der Waals surface area contributed by atoms with E-state index in [1.807, 2.05) is 73.7 Å². The van der Waals surface area contributed by atoms with Gasteiger partial charge in [-0.25, -0.2) is 4.79 Å². The van der Waals surface area contributed by atoms with Gasteiger partial charge in [0.2, 0.25) is 0 Å². The van der Waals surface area contributed by atoms with Crippen molar-refractivity contribution in [3.05, 3.63) is 89.5 Å². The standard InChI is InChI=1S/C25H26O4S/c1-3-14-28-25(26)22-11-7-10-21(16-22)23-15-20(18-30(2)27)12-13-24(23)29-17-19-8-5-4-6-9-19/h4-13,15-16H,3,14,17-18H2,1-2H3. The summed E-state index contributed by atoms with van der Waals surface area (Å²) in [5.74, 6) is 0.837. The highest BCUT2D eigenvalue weighted by molar-refractivity contribution is 7.83. The van der Waals surface area contributed by atoms with Crippen molar-refractivity contribution >= 4 is 16.8 Å². The van der Waals surface area contributed by atoms with Crippen LogP contribution in [0.3, 0.4) is 0 Å². The summed E-state index contributed by atoms with van der Waals surface area (Å²) in [4.78, 5) is 12.3. The Morgan fingerprint density at radius 3 is 2.47 bits per heavy atom. The van der Waals surface area contributed by atoms with E-state index in [0.717, 1.165) is 28.7 Å². The second-order valence-corrected chi connectivity index (χ2v) is 8.47. The summed E-state index contributed by atoms with van der Waals surface area (Å²) in [5, 5.41) is 0. The van der Waals surface area contributed by atoms with Gasteiger partial charge in [0, 0.05) is 28.4 Å². The first-order valence-electron chi connectivity index (χ1n) is 9.94. The van der Waals surface area contributed by atoms with Gasteiger partial charge in [-0.05, 0) is 47.4 Å². The average molecular weight is 423 g/mol. The number of hydrogen-bond acceptors (Lipinski definition) is 4. The number of carbonyl (C=O) groups is 1. The summed E-state index contributed by atoms with van der Waals surface area (Å²) in [5.41, 5.74) is 4.24. The third-order valence-electron chi connectivity index (χ3n) is 4.50. The fourth-order valence-electron chi connectivity index (χ4n) is 3.08. The van der Waals surface area contributed by atoms with Crippen LogP contribution in [0.4, 0.5) is 0 Å². The van der Waals surface area contributed by atoms with E-state index >= 15 is 0 Å². The summed E-state index contributed by atoms with van der Waals surface area (Å²) >= 11 is 0. The molecule has 3 aromatic carbocycles. The molecule has 156 valence electrons. The minimum Gasteiger partial charge on any atom is -0.488 e. The van der Waals surface area contributed by atoms with Gasteiger partial charge in [0.25, 0.3) is 0 Å². The predicted octanol–water partition coefficient (Wildman–Crippen LogP) is 5.38. The molecule has 0 radical (unpaired) electrons. The molecule has 4 nitrogen and oxygen atoms in total. The predicted molar refractivity (Wildman–Crippen MR) is 121 cm³/mol. The molecule has 0 bridgehead atoms. The lowest BCUT2D eigenvalue weighted by Gasteiger charge is -2.14. The minimum absolute atomic E-state index is 0.337. The molecule has 0 aliphatic rings. The Labute approximate surface area is 180 Å². The fourth-order valence-corrected chi connectivity index (χ4v) is 3.73. The van der Waals surface area contributed by atoms with Crippen LogP contribution < -0.4 is 4.74 Å². The number of hydrogen-bond donors (Lipinski definition) is 0. The molecular formula is C25H26O4S. The van der Waals surface area contributed by atoms with Crippen molar-refractivity contribution in [1.82, 2.24) is 0 Å². The average Bonchev–Trinajstić information content (AvgIpc) is 2.77. The third-order valence-corrected chi connectivity index (χ3v) is 5.24. The smallest absolute Gasteiger partial charge is 0.338 e. The SMILES string of the molecule is CCCOC(=O)c1cccc(-c2cc(CS(C)=O)ccc2OCc2ccccc2)c1. The molecule has 1 atom stereocenters. The third kappa shape index (κ3) is 6.04. The molecule has 0 aliphatic heterocycles. The molecule has 0 saturated carbocycles. The maximum absolute atomic E-state index is 12.3. The minimum atomic E-state index is -0.952. The summed E-state index contributed by atoms with van der Waals surface area (Å²) in [6.45, 7) is 2.79. The normalized spacial score (nSPS) is 11.7. The van der Waals surface area contributed by atoms with Crippen LogP contribution >= 0.6 is 0 Å². The molecule has 0 aliphatic carbocycles. The molecule has 0 amide bonds. The lowest BCUT2D eigenvalue weighted by molar-refractivity contribution is 0.0505. The number of ether oxygens (including phenoxy) is 2. The van der Waals surface area contributed by atoms with Crippen molar-refractivity contribution in [3.8, 4) is 16.9 Å². The maximum Gasteiger partial charge on any atom is 0.338 e. The first-order valence-corrected chi connectivity index (χ1v) is 11.7. The van der Waals surface area contributed by atoms with Gasteiger partial charge in [-0.1, -0.05) is 55.5 Å². The van der Waals surface area contributed by atoms with Crippen LogP contribution in [0.1, 0.15) is 34.8 Å². The van der Waals surface area contributed by atoms with Crippen LogP contribution in [0.2, 0.25) is 0 Å². The van der Waals surface area contributed by atoms with Gasteiger partial charge < -0.3 is 9.47 Å². The van der Waals surface area contributed by atoms with Gasteiger partial charge >= 0.3 is 5.97 Å². The van der Waals surface area contributed by atoms with Gasteiger partial charge in [0.1, 0.15) is 12.4 Å². The molecule has 0 heterocycles. The number of carbonyl (C=O) groups excluding carboxylic acids is 1. The first-order chi connectivity index (χ1) is 14.6. The van der Waals surface area contributed by atoms with E-state index < -0.39 is 10.8 Å². The summed E-state index contributed by atoms with van der Waals surface area (Å²) in [6.07, 6.45) is 2.46. The van der Waals surface area contributed by atoms with Gasteiger partial charge in [-0.15, -0.1) is 0 Å². The highest BCUT2D eigenvalue weighted by Gasteiger charge is 2.13. The van der Waals surface area contributed by atoms with E-state index in [-0.39, 0.29) is 5.97 Å². The van der Waals surface area contributed by atoms with Crippen molar-refractivity contribution in [2.45, 2.75) is 25.7 Å². The van der Waals surface area contributed by atoms with Gasteiger partial charge in [0.05, 0.1) is 12.2 Å². The van der Waals surface area contributed by atoms with E-state index in [1.165, 1.54) is 0 Å². The first kappa shape index (κ1) is 21.8.